The molecule has 4 aromatic carbocycles. The van der Waals surface area contributed by atoms with Gasteiger partial charge in [0.1, 0.15) is 87.4 Å². The lowest BCUT2D eigenvalue weighted by Crippen LogP contribution is -2.32. The summed E-state index contributed by atoms with van der Waals surface area (Å²) in [4.78, 5) is 117. The van der Waals surface area contributed by atoms with Gasteiger partial charge in [0.05, 0.1) is 26.2 Å². The molecule has 0 saturated heterocycles. The minimum Gasteiger partial charge on any atom is -0.489 e. The fourth-order valence-corrected chi connectivity index (χ4v) is 21.3. The maximum absolute atomic E-state index is 14.3. The van der Waals surface area contributed by atoms with Crippen molar-refractivity contribution >= 4 is 108 Å². The molecule has 4 rings (SSSR count). The van der Waals surface area contributed by atoms with Crippen LogP contribution in [0.4, 0.5) is 0 Å². The molecule has 0 atom stereocenters. The van der Waals surface area contributed by atoms with Gasteiger partial charge < -0.3 is 108 Å². The standard InChI is InChI=1S/C76H122N8O35P8/c1-58-26-28-68(29-27-58)117-49-61-38-69(118-47-59-34-62(71(87)45-77-73(89)24-20-32-83(54-124(97,109-10)110-11)55-125(98,111-12)112-13)40-64(36-59)75(91)79-43-66(85)22-18-30-81(50-120(93,101-2)102-3)51-121(94,103-4)104-5)42-70(39-61)119-48-60-35-63(72(88)46-78-74(90)25-21-33-84(56-126(99,113-14)114-15)57-127(100,115-16)116-17)41-65(37-60)76(92)80-44-67(86)23-19-31-82(52-122(95,105-6)106-7)53-123(96,107-8)108-9/h26-29,34-42H,18-25,30-33,43-57H2,1-17H3,(H,77,89)(H,78,90)(H,79,91)(H,80,92). The lowest BCUT2D eigenvalue weighted by molar-refractivity contribution is -0.121. The van der Waals surface area contributed by atoms with Gasteiger partial charge >= 0.3 is 60.8 Å². The molecule has 0 spiro atoms. The lowest BCUT2D eigenvalue weighted by Gasteiger charge is -2.27. The van der Waals surface area contributed by atoms with E-state index in [-0.39, 0.29) is 193 Å². The first kappa shape index (κ1) is 113. The Morgan fingerprint density at radius 1 is 0.276 bits per heavy atom. The van der Waals surface area contributed by atoms with Crippen LogP contribution in [-0.4, -0.2) is 283 Å². The summed E-state index contributed by atoms with van der Waals surface area (Å²) in [5.41, 5.74) is 1.44. The van der Waals surface area contributed by atoms with E-state index in [1.165, 1.54) is 176 Å². The molecule has 0 aliphatic heterocycles. The van der Waals surface area contributed by atoms with E-state index < -0.39 is 134 Å². The zero-order valence-corrected chi connectivity index (χ0v) is 81.9. The lowest BCUT2D eigenvalue weighted by atomic mass is 10.0. The fraction of sp³-hybridized carbons (Fsp3) is 0.579. The Balaban J connectivity index is 1.76. The molecule has 0 aromatic heterocycles. The van der Waals surface area contributed by atoms with Gasteiger partial charge in [0, 0.05) is 168 Å². The Morgan fingerprint density at radius 2 is 0.512 bits per heavy atom. The number of ketones is 4. The minimum atomic E-state index is -3.73. The van der Waals surface area contributed by atoms with Crippen LogP contribution >= 0.6 is 60.8 Å². The molecule has 0 saturated carbocycles. The van der Waals surface area contributed by atoms with Crippen molar-refractivity contribution in [1.82, 2.24) is 40.9 Å². The molecule has 0 unspecified atom stereocenters. The van der Waals surface area contributed by atoms with Crippen LogP contribution in [0.1, 0.15) is 115 Å². The van der Waals surface area contributed by atoms with Crippen molar-refractivity contribution in [2.75, 3.05) is 216 Å². The zero-order chi connectivity index (χ0) is 94.8. The first-order valence-corrected chi connectivity index (χ1v) is 53.0. The second-order valence-corrected chi connectivity index (χ2v) is 46.0. The summed E-state index contributed by atoms with van der Waals surface area (Å²) in [6.07, 6.45) is -3.12. The Bertz CT molecular complexity index is 4030. The Morgan fingerprint density at radius 3 is 0.772 bits per heavy atom. The average molecular weight is 1960 g/mol. The van der Waals surface area contributed by atoms with Gasteiger partial charge in [-0.25, -0.2) is 0 Å². The van der Waals surface area contributed by atoms with Gasteiger partial charge in [0.2, 0.25) is 11.8 Å². The van der Waals surface area contributed by atoms with E-state index in [1.807, 2.05) is 19.1 Å². The first-order valence-electron chi connectivity index (χ1n) is 39.2. The molecule has 716 valence electrons. The number of hydrogen-bond donors (Lipinski definition) is 4. The van der Waals surface area contributed by atoms with Crippen LogP contribution in [0.5, 0.6) is 17.2 Å². The smallest absolute Gasteiger partial charge is 0.344 e. The number of Topliss-reactive ketones (excluding diaryl/α,β-unsaturated/α-hetero) is 4. The maximum atomic E-state index is 14.3. The van der Waals surface area contributed by atoms with E-state index >= 15 is 0 Å². The SMILES string of the molecule is COP(=O)(CN(CCCC(=O)CNC(=O)c1cc(COc2cc(COc3ccc(C)cc3)cc(OCc3cc(C(=O)CNC(=O)CCCN(CP(=O)(OC)OC)CP(=O)(OC)OC)cc(C(=O)NCC(=O)CCCN(CP(=O)(OC)OC)CP(=O)(OC)OC)c3)c2)cc(C(=O)CNC(=O)CCCN(CP(=O)(OC)OC)CP(=O)(OC)OC)c1)CP(=O)(OC)OC)OC. The second kappa shape index (κ2) is 56.0. The molecule has 0 radical (unpaired) electrons. The summed E-state index contributed by atoms with van der Waals surface area (Å²) in [7, 11) is -11.0. The van der Waals surface area contributed by atoms with E-state index in [1.54, 1.807) is 24.3 Å². The van der Waals surface area contributed by atoms with E-state index in [2.05, 4.69) is 21.3 Å². The number of ether oxygens (including phenoxy) is 3. The predicted octanol–water partition coefficient (Wildman–Crippen LogP) is 11.8. The van der Waals surface area contributed by atoms with E-state index in [0.29, 0.717) is 11.3 Å². The molecule has 43 nitrogen and oxygen atoms in total. The van der Waals surface area contributed by atoms with Crippen LogP contribution in [0.25, 0.3) is 0 Å². The van der Waals surface area contributed by atoms with Gasteiger partial charge in [-0.3, -0.25) is 94.5 Å². The third kappa shape index (κ3) is 40.5. The molecule has 4 amide bonds. The molecule has 0 bridgehead atoms. The van der Waals surface area contributed by atoms with Gasteiger partial charge in [0.15, 0.2) is 23.1 Å². The average Bonchev–Trinajstić information content (AvgIpc) is 0.820. The van der Waals surface area contributed by atoms with Crippen LogP contribution in [-0.2, 0) is 148 Å². The highest BCUT2D eigenvalue weighted by Gasteiger charge is 2.37. The maximum Gasteiger partial charge on any atom is 0.344 e. The zero-order valence-electron chi connectivity index (χ0n) is 74.8. The molecule has 4 aromatic rings. The number of nitrogens with one attached hydrogen (secondary N) is 4. The van der Waals surface area contributed by atoms with Crippen LogP contribution in [0, 0.1) is 6.92 Å². The van der Waals surface area contributed by atoms with E-state index in [9.17, 15) is 74.9 Å². The molecule has 4 N–H and O–H groups in total. The summed E-state index contributed by atoms with van der Waals surface area (Å²) in [6.45, 7) is -1.08. The highest BCUT2D eigenvalue weighted by molar-refractivity contribution is 7.56. The Labute approximate surface area is 741 Å². The molecule has 127 heavy (non-hydrogen) atoms. The largest absolute Gasteiger partial charge is 0.489 e. The number of aryl methyl sites for hydroxylation is 1. The van der Waals surface area contributed by atoms with Gasteiger partial charge in [-0.2, -0.15) is 0 Å². The second-order valence-electron chi connectivity index (χ2n) is 28.1. The number of nitrogens with zero attached hydrogens (tertiary/aromatic N) is 4. The van der Waals surface area contributed by atoms with Gasteiger partial charge in [-0.1, -0.05) is 17.7 Å². The molecular formula is C76H122N8O35P8. The summed E-state index contributed by atoms with van der Waals surface area (Å²) < 4.78 is 206. The Kier molecular flexibility index (Phi) is 49.9. The van der Waals surface area contributed by atoms with Crippen molar-refractivity contribution in [3.8, 4) is 17.2 Å². The first-order chi connectivity index (χ1) is 60.1. The van der Waals surface area contributed by atoms with E-state index in [4.69, 9.17) is 86.6 Å². The number of benzene rings is 4. The van der Waals surface area contributed by atoms with Crippen molar-refractivity contribution in [2.24, 2.45) is 0 Å². The van der Waals surface area contributed by atoms with Crippen LogP contribution in [0.2, 0.25) is 0 Å². The summed E-state index contributed by atoms with van der Waals surface area (Å²) in [5, 5.41) is 10.3. The molecule has 51 heteroatoms. The Hall–Kier alpha value is -6.12. The normalized spacial score (nSPS) is 12.5. The highest BCUT2D eigenvalue weighted by Crippen LogP contribution is 2.56. The molecular weight excluding hydrogens is 1830 g/mol. The number of carbonyl (C=O) groups excluding carboxylic acids is 8. The van der Waals surface area contributed by atoms with Crippen LogP contribution in [0.15, 0.2) is 78.9 Å². The predicted molar refractivity (Wildman–Crippen MR) is 469 cm³/mol. The van der Waals surface area contributed by atoms with Gasteiger partial charge in [-0.15, -0.1) is 0 Å². The molecule has 0 heterocycles. The number of carbonyl (C=O) groups is 8. The number of amides is 4. The van der Waals surface area contributed by atoms with Crippen molar-refractivity contribution in [2.45, 2.75) is 78.1 Å². The third-order valence-electron chi connectivity index (χ3n) is 19.2. The number of rotatable bonds is 69. The fourth-order valence-electron chi connectivity index (χ4n) is 11.8. The van der Waals surface area contributed by atoms with Gasteiger partial charge in [-0.05, 0) is 136 Å². The summed E-state index contributed by atoms with van der Waals surface area (Å²) >= 11 is 0. The summed E-state index contributed by atoms with van der Waals surface area (Å²) in [5.74, 6) is -4.38. The van der Waals surface area contributed by atoms with E-state index in [0.717, 1.165) is 5.56 Å². The monoisotopic (exact) mass is 1950 g/mol. The van der Waals surface area contributed by atoms with Crippen LogP contribution < -0.4 is 35.5 Å². The minimum absolute atomic E-state index is 0.00913. The molecule has 0 aliphatic carbocycles. The molecule has 0 aliphatic rings. The molecule has 0 fully saturated rings. The van der Waals surface area contributed by atoms with Crippen molar-refractivity contribution < 1.29 is 161 Å². The van der Waals surface area contributed by atoms with Crippen molar-refractivity contribution in [3.05, 3.63) is 123 Å². The van der Waals surface area contributed by atoms with Crippen LogP contribution in [0.3, 0.4) is 0 Å². The van der Waals surface area contributed by atoms with Crippen molar-refractivity contribution in [1.29, 1.82) is 0 Å². The quantitative estimate of drug-likeness (QED) is 0.0236. The third-order valence-corrected chi connectivity index (χ3v) is 34.0. The van der Waals surface area contributed by atoms with Crippen molar-refractivity contribution in [3.63, 3.8) is 0 Å². The topological polar surface area (TPSA) is 510 Å². The number of hydrogen-bond acceptors (Lipinski definition) is 39. The summed E-state index contributed by atoms with van der Waals surface area (Å²) in [6, 6.07) is 20.1. The van der Waals surface area contributed by atoms with Gasteiger partial charge in [0.25, 0.3) is 11.8 Å². The highest BCUT2D eigenvalue weighted by atomic mass is 31.2.